The molecule has 0 saturated heterocycles. The molecule has 2 aromatic carbocycles. The average molecular weight is 363 g/mol. The second-order valence-corrected chi connectivity index (χ2v) is 5.90. The maximum absolute atomic E-state index is 13.1. The van der Waals surface area contributed by atoms with Crippen LogP contribution in [0.5, 0.6) is 0 Å². The van der Waals surface area contributed by atoms with Crippen molar-refractivity contribution in [3.05, 3.63) is 62.3 Å². The monoisotopic (exact) mass is 361 g/mol. The van der Waals surface area contributed by atoms with Gasteiger partial charge in [0.2, 0.25) is 0 Å². The molecule has 0 aromatic heterocycles. The third kappa shape index (κ3) is 3.62. The molecule has 1 atom stereocenters. The summed E-state index contributed by atoms with van der Waals surface area (Å²) in [5, 5.41) is 3.74. The van der Waals surface area contributed by atoms with E-state index in [1.54, 1.807) is 0 Å². The second kappa shape index (κ2) is 6.12. The van der Waals surface area contributed by atoms with Crippen molar-refractivity contribution in [1.82, 2.24) is 0 Å². The Morgan fingerprint density at radius 2 is 1.79 bits per heavy atom. The molecule has 2 rings (SSSR count). The molecule has 0 aliphatic rings. The molecule has 100 valence electrons. The van der Waals surface area contributed by atoms with Gasteiger partial charge in [-0.2, -0.15) is 0 Å². The van der Waals surface area contributed by atoms with Crippen LogP contribution in [0.4, 0.5) is 10.1 Å². The quantitative estimate of drug-likeness (QED) is 0.698. The summed E-state index contributed by atoms with van der Waals surface area (Å²) in [7, 11) is 0. The largest absolute Gasteiger partial charge is 0.376 e. The second-order valence-electron chi connectivity index (χ2n) is 4.17. The highest BCUT2D eigenvalue weighted by molar-refractivity contribution is 9.10. The van der Waals surface area contributed by atoms with Gasteiger partial charge in [-0.3, -0.25) is 0 Å². The van der Waals surface area contributed by atoms with Gasteiger partial charge in [-0.25, -0.2) is 4.39 Å². The summed E-state index contributed by atoms with van der Waals surface area (Å²) in [5.74, 6) is -0.448. The summed E-state index contributed by atoms with van der Waals surface area (Å²) >= 11 is 15.4. The van der Waals surface area contributed by atoms with Gasteiger partial charge in [-0.1, -0.05) is 51.3 Å². The van der Waals surface area contributed by atoms with Crippen LogP contribution in [0.3, 0.4) is 0 Å². The van der Waals surface area contributed by atoms with Crippen LogP contribution in [-0.2, 0) is 0 Å². The maximum atomic E-state index is 13.1. The summed E-state index contributed by atoms with van der Waals surface area (Å²) < 4.78 is 14.1. The molecule has 5 heteroatoms. The van der Waals surface area contributed by atoms with E-state index < -0.39 is 5.82 Å². The number of hydrogen-bond donors (Lipinski definition) is 1. The highest BCUT2D eigenvalue weighted by Gasteiger charge is 2.12. The van der Waals surface area contributed by atoms with Crippen LogP contribution in [0.1, 0.15) is 18.5 Å². The van der Waals surface area contributed by atoms with E-state index in [0.717, 1.165) is 10.0 Å². The van der Waals surface area contributed by atoms with Crippen LogP contribution in [0.2, 0.25) is 10.0 Å². The van der Waals surface area contributed by atoms with Gasteiger partial charge in [0.15, 0.2) is 0 Å². The molecule has 0 bridgehead atoms. The highest BCUT2D eigenvalue weighted by Crippen LogP contribution is 2.34. The molecular weight excluding hydrogens is 352 g/mol. The lowest BCUT2D eigenvalue weighted by Crippen LogP contribution is -2.07. The highest BCUT2D eigenvalue weighted by atomic mass is 79.9. The first kappa shape index (κ1) is 14.6. The Hall–Kier alpha value is -0.770. The fourth-order valence-electron chi connectivity index (χ4n) is 1.76. The van der Waals surface area contributed by atoms with Crippen LogP contribution < -0.4 is 5.32 Å². The van der Waals surface area contributed by atoms with Crippen molar-refractivity contribution in [1.29, 1.82) is 0 Å². The van der Waals surface area contributed by atoms with Gasteiger partial charge in [-0.05, 0) is 36.8 Å². The minimum atomic E-state index is -0.448. The molecule has 0 saturated carbocycles. The van der Waals surface area contributed by atoms with Crippen molar-refractivity contribution in [2.45, 2.75) is 13.0 Å². The van der Waals surface area contributed by atoms with E-state index in [0.29, 0.717) is 5.69 Å². The van der Waals surface area contributed by atoms with Crippen LogP contribution in [0.25, 0.3) is 0 Å². The molecule has 1 N–H and O–H groups in total. The number of benzene rings is 2. The Morgan fingerprint density at radius 3 is 2.37 bits per heavy atom. The predicted molar refractivity (Wildman–Crippen MR) is 82.6 cm³/mol. The van der Waals surface area contributed by atoms with E-state index in [1.165, 1.54) is 12.1 Å². The first-order valence-electron chi connectivity index (χ1n) is 5.64. The van der Waals surface area contributed by atoms with Gasteiger partial charge < -0.3 is 5.32 Å². The molecule has 0 spiro atoms. The fraction of sp³-hybridized carbons (Fsp3) is 0.143. The Bertz CT molecular complexity index is 581. The van der Waals surface area contributed by atoms with Gasteiger partial charge in [0.05, 0.1) is 15.7 Å². The smallest absolute Gasteiger partial charge is 0.126 e. The van der Waals surface area contributed by atoms with Crippen LogP contribution in [-0.4, -0.2) is 0 Å². The summed E-state index contributed by atoms with van der Waals surface area (Å²) in [6, 6.07) is 10.4. The predicted octanol–water partition coefficient (Wildman–Crippen LogP) is 6.07. The van der Waals surface area contributed by atoms with E-state index in [2.05, 4.69) is 21.2 Å². The third-order valence-corrected chi connectivity index (χ3v) is 3.81. The lowest BCUT2D eigenvalue weighted by Gasteiger charge is -2.18. The van der Waals surface area contributed by atoms with E-state index in [9.17, 15) is 4.39 Å². The zero-order valence-corrected chi connectivity index (χ0v) is 13.2. The van der Waals surface area contributed by atoms with Crippen LogP contribution in [0, 0.1) is 5.82 Å². The van der Waals surface area contributed by atoms with Crippen LogP contribution in [0.15, 0.2) is 40.9 Å². The fourth-order valence-corrected chi connectivity index (χ4v) is 2.74. The molecule has 0 aliphatic carbocycles. The van der Waals surface area contributed by atoms with Crippen molar-refractivity contribution in [3.8, 4) is 0 Å². The number of rotatable bonds is 3. The number of halogens is 4. The van der Waals surface area contributed by atoms with E-state index in [1.807, 2.05) is 31.2 Å². The molecule has 1 unspecified atom stereocenters. The SMILES string of the molecule is CC(Nc1c(Cl)cc(F)cc1Cl)c1cccc(Br)c1. The van der Waals surface area contributed by atoms with Crippen molar-refractivity contribution < 1.29 is 4.39 Å². The van der Waals surface area contributed by atoms with Crippen molar-refractivity contribution in [3.63, 3.8) is 0 Å². The van der Waals surface area contributed by atoms with Crippen molar-refractivity contribution >= 4 is 44.8 Å². The third-order valence-electron chi connectivity index (χ3n) is 2.72. The first-order valence-corrected chi connectivity index (χ1v) is 7.19. The molecule has 1 nitrogen and oxygen atoms in total. The Kier molecular flexibility index (Phi) is 4.71. The zero-order valence-electron chi connectivity index (χ0n) is 10.1. The summed E-state index contributed by atoms with van der Waals surface area (Å²) in [6.07, 6.45) is 0. The Balaban J connectivity index is 2.26. The molecule has 0 heterocycles. The molecule has 2 aromatic rings. The minimum absolute atomic E-state index is 0.00189. The van der Waals surface area contributed by atoms with Gasteiger partial charge in [-0.15, -0.1) is 0 Å². The topological polar surface area (TPSA) is 12.0 Å². The van der Waals surface area contributed by atoms with Gasteiger partial charge in [0, 0.05) is 10.5 Å². The maximum Gasteiger partial charge on any atom is 0.126 e. The van der Waals surface area contributed by atoms with Crippen LogP contribution >= 0.6 is 39.1 Å². The standard InChI is InChI=1S/C14H11BrCl2FN/c1-8(9-3-2-4-10(15)5-9)19-14-12(16)6-11(18)7-13(14)17/h2-8,19H,1H3. The normalized spacial score (nSPS) is 12.3. The van der Waals surface area contributed by atoms with Gasteiger partial charge in [0.1, 0.15) is 5.82 Å². The Labute approximate surface area is 129 Å². The molecule has 0 fully saturated rings. The zero-order chi connectivity index (χ0) is 14.0. The minimum Gasteiger partial charge on any atom is -0.376 e. The number of anilines is 1. The average Bonchev–Trinajstić information content (AvgIpc) is 2.33. The molecular formula is C14H11BrCl2FN. The van der Waals surface area contributed by atoms with Gasteiger partial charge in [0.25, 0.3) is 0 Å². The Morgan fingerprint density at radius 1 is 1.16 bits per heavy atom. The van der Waals surface area contributed by atoms with Gasteiger partial charge >= 0.3 is 0 Å². The van der Waals surface area contributed by atoms with Crippen molar-refractivity contribution in [2.24, 2.45) is 0 Å². The molecule has 19 heavy (non-hydrogen) atoms. The van der Waals surface area contributed by atoms with E-state index >= 15 is 0 Å². The molecule has 0 aliphatic heterocycles. The molecule has 0 radical (unpaired) electrons. The number of hydrogen-bond acceptors (Lipinski definition) is 1. The van der Waals surface area contributed by atoms with E-state index in [4.69, 9.17) is 23.2 Å². The van der Waals surface area contributed by atoms with Crippen molar-refractivity contribution in [2.75, 3.05) is 5.32 Å². The number of nitrogens with one attached hydrogen (secondary N) is 1. The summed E-state index contributed by atoms with van der Waals surface area (Å²) in [6.45, 7) is 1.98. The first-order chi connectivity index (χ1) is 8.97. The molecule has 0 amide bonds. The lowest BCUT2D eigenvalue weighted by atomic mass is 10.1. The summed E-state index contributed by atoms with van der Waals surface area (Å²) in [4.78, 5) is 0. The lowest BCUT2D eigenvalue weighted by molar-refractivity contribution is 0.628. The van der Waals surface area contributed by atoms with E-state index in [-0.39, 0.29) is 16.1 Å². The summed E-state index contributed by atoms with van der Waals surface area (Å²) in [5.41, 5.74) is 1.61.